The van der Waals surface area contributed by atoms with Crippen molar-refractivity contribution in [3.05, 3.63) is 56.0 Å². The highest BCUT2D eigenvalue weighted by Gasteiger charge is 2.13. The van der Waals surface area contributed by atoms with E-state index >= 15 is 0 Å². The lowest BCUT2D eigenvalue weighted by Gasteiger charge is -2.13. The number of nitrogens with zero attached hydrogens (tertiary/aromatic N) is 1. The van der Waals surface area contributed by atoms with Crippen molar-refractivity contribution in [2.24, 2.45) is 0 Å². The minimum absolute atomic E-state index is 0.0262. The Morgan fingerprint density at radius 2 is 2.15 bits per heavy atom. The van der Waals surface area contributed by atoms with Crippen molar-refractivity contribution < 1.29 is 9.31 Å². The molecule has 0 aliphatic heterocycles. The van der Waals surface area contributed by atoms with E-state index in [4.69, 9.17) is 0 Å². The zero-order valence-electron chi connectivity index (χ0n) is 11.2. The summed E-state index contributed by atoms with van der Waals surface area (Å²) in [6, 6.07) is 7.57. The second-order valence-corrected chi connectivity index (χ2v) is 5.68. The molecule has 106 valence electrons. The summed E-state index contributed by atoms with van der Waals surface area (Å²) in [4.78, 5) is 12.5. The molecule has 0 saturated carbocycles. The molecule has 0 fully saturated rings. The van der Waals surface area contributed by atoms with Gasteiger partial charge in [0.2, 0.25) is 0 Å². The van der Waals surface area contributed by atoms with Crippen molar-refractivity contribution in [3.8, 4) is 0 Å². The predicted molar refractivity (Wildman–Crippen MR) is 78.8 cm³/mol. The van der Waals surface area contributed by atoms with Gasteiger partial charge >= 0.3 is 0 Å². The van der Waals surface area contributed by atoms with Gasteiger partial charge in [-0.3, -0.25) is 10.1 Å². The number of rotatable bonds is 5. The summed E-state index contributed by atoms with van der Waals surface area (Å²) in [7, 11) is 0. The van der Waals surface area contributed by atoms with Gasteiger partial charge in [0, 0.05) is 21.5 Å². The van der Waals surface area contributed by atoms with Gasteiger partial charge < -0.3 is 5.32 Å². The second kappa shape index (κ2) is 6.00. The summed E-state index contributed by atoms with van der Waals surface area (Å²) in [5, 5.41) is 13.8. The van der Waals surface area contributed by atoms with Crippen LogP contribution in [0.25, 0.3) is 0 Å². The summed E-state index contributed by atoms with van der Waals surface area (Å²) >= 11 is 1.68. The molecule has 0 spiro atoms. The van der Waals surface area contributed by atoms with Gasteiger partial charge in [0.15, 0.2) is 0 Å². The number of halogens is 1. The van der Waals surface area contributed by atoms with Crippen molar-refractivity contribution in [2.75, 3.05) is 5.32 Å². The van der Waals surface area contributed by atoms with Gasteiger partial charge in [0.1, 0.15) is 5.82 Å². The largest absolute Gasteiger partial charge is 0.377 e. The van der Waals surface area contributed by atoms with E-state index in [1.54, 1.807) is 11.3 Å². The third kappa shape index (κ3) is 3.33. The van der Waals surface area contributed by atoms with E-state index in [9.17, 15) is 14.5 Å². The first kappa shape index (κ1) is 14.5. The third-order valence-electron chi connectivity index (χ3n) is 2.93. The molecule has 1 aromatic heterocycles. The maximum Gasteiger partial charge on any atom is 0.274 e. The lowest BCUT2D eigenvalue weighted by Crippen LogP contribution is -2.05. The van der Waals surface area contributed by atoms with Crippen LogP contribution in [0.5, 0.6) is 0 Å². The fraction of sp³-hybridized carbons (Fsp3) is 0.286. The molecule has 20 heavy (non-hydrogen) atoms. The monoisotopic (exact) mass is 294 g/mol. The molecule has 1 heterocycles. The van der Waals surface area contributed by atoms with E-state index in [0.717, 1.165) is 17.4 Å². The molecular formula is C14H15FN2O2S. The first-order valence-electron chi connectivity index (χ1n) is 6.29. The van der Waals surface area contributed by atoms with Crippen molar-refractivity contribution in [2.45, 2.75) is 26.3 Å². The SMILES string of the molecule is CCc1ccc(C(C)Nc2cc(F)cc([N+](=O)[O-])c2)s1. The van der Waals surface area contributed by atoms with Crippen LogP contribution < -0.4 is 5.32 Å². The Morgan fingerprint density at radius 3 is 2.75 bits per heavy atom. The Morgan fingerprint density at radius 1 is 1.40 bits per heavy atom. The Hall–Kier alpha value is -1.95. The fourth-order valence-corrected chi connectivity index (χ4v) is 2.86. The van der Waals surface area contributed by atoms with E-state index in [0.29, 0.717) is 5.69 Å². The molecule has 2 aromatic rings. The van der Waals surface area contributed by atoms with Gasteiger partial charge in [-0.1, -0.05) is 6.92 Å². The first-order valence-corrected chi connectivity index (χ1v) is 7.11. The van der Waals surface area contributed by atoms with Crippen LogP contribution in [0.15, 0.2) is 30.3 Å². The number of thiophene rings is 1. The molecule has 0 radical (unpaired) electrons. The lowest BCUT2D eigenvalue weighted by molar-refractivity contribution is -0.385. The molecule has 6 heteroatoms. The molecule has 0 amide bonds. The van der Waals surface area contributed by atoms with Gasteiger partial charge in [0.05, 0.1) is 17.0 Å². The van der Waals surface area contributed by atoms with Gasteiger partial charge in [-0.2, -0.15) is 0 Å². The number of benzene rings is 1. The highest BCUT2D eigenvalue weighted by Crippen LogP contribution is 2.28. The van der Waals surface area contributed by atoms with E-state index in [1.165, 1.54) is 17.0 Å². The molecule has 1 N–H and O–H groups in total. The summed E-state index contributed by atoms with van der Waals surface area (Å²) in [5.74, 6) is -0.616. The van der Waals surface area contributed by atoms with Crippen LogP contribution in [-0.2, 0) is 6.42 Å². The number of non-ortho nitro benzene ring substituents is 1. The minimum atomic E-state index is -0.616. The van der Waals surface area contributed by atoms with Crippen LogP contribution in [0.3, 0.4) is 0 Å². The predicted octanol–water partition coefficient (Wildman–Crippen LogP) is 4.53. The number of aryl methyl sites for hydroxylation is 1. The molecule has 1 atom stereocenters. The summed E-state index contributed by atoms with van der Waals surface area (Å²) in [6.45, 7) is 4.03. The van der Waals surface area contributed by atoms with Gasteiger partial charge in [-0.05, 0) is 31.5 Å². The molecule has 0 aliphatic rings. The summed E-state index contributed by atoms with van der Waals surface area (Å²) in [5.41, 5.74) is 0.163. The molecule has 4 nitrogen and oxygen atoms in total. The number of nitro groups is 1. The van der Waals surface area contributed by atoms with E-state index in [-0.39, 0.29) is 11.7 Å². The van der Waals surface area contributed by atoms with Crippen LogP contribution in [0.4, 0.5) is 15.8 Å². The molecule has 0 bridgehead atoms. The molecule has 1 aromatic carbocycles. The van der Waals surface area contributed by atoms with Crippen molar-refractivity contribution >= 4 is 22.7 Å². The highest BCUT2D eigenvalue weighted by molar-refractivity contribution is 7.12. The van der Waals surface area contributed by atoms with Gasteiger partial charge in [0.25, 0.3) is 5.69 Å². The molecule has 1 unspecified atom stereocenters. The van der Waals surface area contributed by atoms with E-state index in [2.05, 4.69) is 18.3 Å². The number of nitrogens with one attached hydrogen (secondary N) is 1. The van der Waals surface area contributed by atoms with Crippen LogP contribution >= 0.6 is 11.3 Å². The normalized spacial score (nSPS) is 12.2. The molecular weight excluding hydrogens is 279 g/mol. The number of hydrogen-bond acceptors (Lipinski definition) is 4. The number of hydrogen-bond donors (Lipinski definition) is 1. The van der Waals surface area contributed by atoms with Crippen LogP contribution in [-0.4, -0.2) is 4.92 Å². The van der Waals surface area contributed by atoms with Crippen LogP contribution in [0, 0.1) is 15.9 Å². The van der Waals surface area contributed by atoms with Crippen molar-refractivity contribution in [1.82, 2.24) is 0 Å². The summed E-state index contributed by atoms with van der Waals surface area (Å²) in [6.07, 6.45) is 0.975. The molecule has 2 rings (SSSR count). The third-order valence-corrected chi connectivity index (χ3v) is 4.35. The maximum atomic E-state index is 13.4. The first-order chi connectivity index (χ1) is 9.49. The van der Waals surface area contributed by atoms with E-state index in [1.807, 2.05) is 13.0 Å². The topological polar surface area (TPSA) is 55.2 Å². The number of anilines is 1. The molecule has 0 saturated heterocycles. The fourth-order valence-electron chi connectivity index (χ4n) is 1.90. The average molecular weight is 294 g/mol. The molecule has 0 aliphatic carbocycles. The van der Waals surface area contributed by atoms with Crippen LogP contribution in [0.2, 0.25) is 0 Å². The maximum absolute atomic E-state index is 13.4. The second-order valence-electron chi connectivity index (χ2n) is 4.48. The lowest BCUT2D eigenvalue weighted by atomic mass is 10.2. The Bertz CT molecular complexity index is 627. The van der Waals surface area contributed by atoms with Gasteiger partial charge in [-0.25, -0.2) is 4.39 Å². The zero-order chi connectivity index (χ0) is 14.7. The number of nitro benzene ring substituents is 1. The average Bonchev–Trinajstić information content (AvgIpc) is 2.86. The minimum Gasteiger partial charge on any atom is -0.377 e. The standard InChI is InChI=1S/C14H15FN2O2S/c1-3-13-4-5-14(20-13)9(2)16-11-6-10(15)7-12(8-11)17(18)19/h4-9,16H,3H2,1-2H3. The highest BCUT2D eigenvalue weighted by atomic mass is 32.1. The van der Waals surface area contributed by atoms with Gasteiger partial charge in [-0.15, -0.1) is 11.3 Å². The van der Waals surface area contributed by atoms with Crippen molar-refractivity contribution in [3.63, 3.8) is 0 Å². The Kier molecular flexibility index (Phi) is 4.34. The Balaban J connectivity index is 2.18. The van der Waals surface area contributed by atoms with Crippen LogP contribution in [0.1, 0.15) is 29.6 Å². The van der Waals surface area contributed by atoms with E-state index < -0.39 is 10.7 Å². The quantitative estimate of drug-likeness (QED) is 0.651. The smallest absolute Gasteiger partial charge is 0.274 e. The Labute approximate surface area is 120 Å². The summed E-state index contributed by atoms with van der Waals surface area (Å²) < 4.78 is 13.4. The zero-order valence-corrected chi connectivity index (χ0v) is 12.0. The van der Waals surface area contributed by atoms with Crippen molar-refractivity contribution in [1.29, 1.82) is 0 Å².